The number of hydrogen-bond donors (Lipinski definition) is 1. The number of pyridine rings is 1. The third kappa shape index (κ3) is 3.44. The lowest BCUT2D eigenvalue weighted by atomic mass is 9.89. The van der Waals surface area contributed by atoms with Gasteiger partial charge in [0.05, 0.1) is 5.56 Å². The summed E-state index contributed by atoms with van der Waals surface area (Å²) in [6.07, 6.45) is 4.57. The van der Waals surface area contributed by atoms with Gasteiger partial charge in [-0.05, 0) is 44.5 Å². The second kappa shape index (κ2) is 6.17. The number of nitrogens with one attached hydrogen (secondary N) is 1. The van der Waals surface area contributed by atoms with E-state index in [9.17, 15) is 4.79 Å². The first kappa shape index (κ1) is 16.9. The maximum atomic E-state index is 12.7. The van der Waals surface area contributed by atoms with Crippen molar-refractivity contribution in [3.05, 3.63) is 42.2 Å². The van der Waals surface area contributed by atoms with Crippen LogP contribution in [0.1, 0.15) is 44.5 Å². The molecule has 1 amide bonds. The minimum Gasteiger partial charge on any atom is -0.351 e. The van der Waals surface area contributed by atoms with Gasteiger partial charge in [-0.3, -0.25) is 14.7 Å². The Morgan fingerprint density at radius 2 is 2.04 bits per heavy atom. The summed E-state index contributed by atoms with van der Waals surface area (Å²) in [6, 6.07) is 7.88. The van der Waals surface area contributed by atoms with Gasteiger partial charge in [0, 0.05) is 36.4 Å². The molecule has 1 atom stereocenters. The second-order valence-corrected chi connectivity index (χ2v) is 8.24. The molecule has 4 nitrogen and oxygen atoms in total. The van der Waals surface area contributed by atoms with E-state index >= 15 is 0 Å². The number of fused-ring (bicyclic) bond motifs is 1. The van der Waals surface area contributed by atoms with Gasteiger partial charge in [0.1, 0.15) is 0 Å². The Bertz CT molecular complexity index is 745. The standard InChI is InChI=1S/C20H27N3O/c1-19(2,3)23-10-9-20(4,14-23)13-22-18(24)17-12-21-11-15-7-5-6-8-16(15)17/h5-8,11-12H,9-10,13-14H2,1-4H3,(H,22,24). The van der Waals surface area contributed by atoms with Crippen LogP contribution < -0.4 is 5.32 Å². The summed E-state index contributed by atoms with van der Waals surface area (Å²) in [5.41, 5.74) is 0.963. The molecule has 24 heavy (non-hydrogen) atoms. The van der Waals surface area contributed by atoms with Crippen LogP contribution in [0.5, 0.6) is 0 Å². The third-order valence-corrected chi connectivity index (χ3v) is 5.10. The van der Waals surface area contributed by atoms with Crippen molar-refractivity contribution in [1.29, 1.82) is 0 Å². The molecule has 1 unspecified atom stereocenters. The average molecular weight is 325 g/mol. The van der Waals surface area contributed by atoms with Crippen LogP contribution in [-0.4, -0.2) is 41.0 Å². The summed E-state index contributed by atoms with van der Waals surface area (Å²) in [5, 5.41) is 5.09. The Labute approximate surface area is 144 Å². The molecule has 0 saturated carbocycles. The van der Waals surface area contributed by atoms with Crippen LogP contribution in [0.15, 0.2) is 36.7 Å². The van der Waals surface area contributed by atoms with Crippen LogP contribution >= 0.6 is 0 Å². The number of nitrogens with zero attached hydrogens (tertiary/aromatic N) is 2. The molecule has 1 N–H and O–H groups in total. The molecular formula is C20H27N3O. The first-order valence-electron chi connectivity index (χ1n) is 8.65. The molecular weight excluding hydrogens is 298 g/mol. The highest BCUT2D eigenvalue weighted by Gasteiger charge is 2.38. The van der Waals surface area contributed by atoms with Crippen molar-refractivity contribution in [2.75, 3.05) is 19.6 Å². The molecule has 0 radical (unpaired) electrons. The topological polar surface area (TPSA) is 45.2 Å². The molecule has 2 heterocycles. The van der Waals surface area contributed by atoms with Crippen molar-refractivity contribution in [3.63, 3.8) is 0 Å². The number of likely N-dealkylation sites (tertiary alicyclic amines) is 1. The summed E-state index contributed by atoms with van der Waals surface area (Å²) in [7, 11) is 0. The molecule has 0 bridgehead atoms. The van der Waals surface area contributed by atoms with Crippen molar-refractivity contribution in [2.45, 2.75) is 39.7 Å². The van der Waals surface area contributed by atoms with Crippen LogP contribution in [0, 0.1) is 5.41 Å². The lowest BCUT2D eigenvalue weighted by Crippen LogP contribution is -2.43. The van der Waals surface area contributed by atoms with Gasteiger partial charge in [0.2, 0.25) is 0 Å². The molecule has 1 aromatic heterocycles. The summed E-state index contributed by atoms with van der Waals surface area (Å²) in [5.74, 6) is -0.0327. The van der Waals surface area contributed by atoms with Crippen LogP contribution in [0.3, 0.4) is 0 Å². The molecule has 1 saturated heterocycles. The zero-order chi connectivity index (χ0) is 17.4. The van der Waals surface area contributed by atoms with Crippen molar-refractivity contribution >= 4 is 16.7 Å². The summed E-state index contributed by atoms with van der Waals surface area (Å²) < 4.78 is 0. The molecule has 0 spiro atoms. The Balaban J connectivity index is 1.70. The highest BCUT2D eigenvalue weighted by molar-refractivity contribution is 6.06. The first-order valence-corrected chi connectivity index (χ1v) is 8.65. The Morgan fingerprint density at radius 3 is 2.75 bits per heavy atom. The van der Waals surface area contributed by atoms with Gasteiger partial charge in [-0.25, -0.2) is 0 Å². The molecule has 4 heteroatoms. The van der Waals surface area contributed by atoms with Gasteiger partial charge in [-0.15, -0.1) is 0 Å². The smallest absolute Gasteiger partial charge is 0.253 e. The fourth-order valence-electron chi connectivity index (χ4n) is 3.43. The van der Waals surface area contributed by atoms with E-state index in [1.165, 1.54) is 0 Å². The number of hydrogen-bond acceptors (Lipinski definition) is 3. The lowest BCUT2D eigenvalue weighted by Gasteiger charge is -2.33. The minimum absolute atomic E-state index is 0.0327. The van der Waals surface area contributed by atoms with Gasteiger partial charge in [0.25, 0.3) is 5.91 Å². The molecule has 0 aliphatic carbocycles. The molecule has 1 aliphatic heterocycles. The zero-order valence-corrected chi connectivity index (χ0v) is 15.1. The fraction of sp³-hybridized carbons (Fsp3) is 0.500. The quantitative estimate of drug-likeness (QED) is 0.940. The first-order chi connectivity index (χ1) is 11.3. The highest BCUT2D eigenvalue weighted by atomic mass is 16.1. The van der Waals surface area contributed by atoms with Gasteiger partial charge >= 0.3 is 0 Å². The van der Waals surface area contributed by atoms with Crippen LogP contribution in [0.4, 0.5) is 0 Å². The Morgan fingerprint density at radius 1 is 1.29 bits per heavy atom. The van der Waals surface area contributed by atoms with Crippen molar-refractivity contribution in [2.24, 2.45) is 5.41 Å². The van der Waals surface area contributed by atoms with E-state index < -0.39 is 0 Å². The molecule has 128 valence electrons. The highest BCUT2D eigenvalue weighted by Crippen LogP contribution is 2.33. The average Bonchev–Trinajstić information content (AvgIpc) is 2.95. The van der Waals surface area contributed by atoms with Crippen LogP contribution in [0.25, 0.3) is 10.8 Å². The molecule has 1 aliphatic rings. The molecule has 1 fully saturated rings. The Kier molecular flexibility index (Phi) is 4.35. The van der Waals surface area contributed by atoms with Gasteiger partial charge in [-0.1, -0.05) is 31.2 Å². The summed E-state index contributed by atoms with van der Waals surface area (Å²) in [4.78, 5) is 19.4. The lowest BCUT2D eigenvalue weighted by molar-refractivity contribution is 0.0930. The van der Waals surface area contributed by atoms with E-state index in [1.807, 2.05) is 24.3 Å². The predicted octanol–water partition coefficient (Wildman–Crippen LogP) is 3.48. The summed E-state index contributed by atoms with van der Waals surface area (Å²) in [6.45, 7) is 11.8. The van der Waals surface area contributed by atoms with Crippen LogP contribution in [0.2, 0.25) is 0 Å². The number of carbonyl (C=O) groups excluding carboxylic acids is 1. The number of carbonyl (C=O) groups is 1. The fourth-order valence-corrected chi connectivity index (χ4v) is 3.43. The number of aromatic nitrogens is 1. The predicted molar refractivity (Wildman–Crippen MR) is 98.1 cm³/mol. The van der Waals surface area contributed by atoms with Crippen molar-refractivity contribution in [3.8, 4) is 0 Å². The minimum atomic E-state index is -0.0327. The SMILES string of the molecule is CC1(CNC(=O)c2cncc3ccccc23)CCN(C(C)(C)C)C1. The summed E-state index contributed by atoms with van der Waals surface area (Å²) >= 11 is 0. The van der Waals surface area contributed by atoms with Gasteiger partial charge in [0.15, 0.2) is 0 Å². The van der Waals surface area contributed by atoms with Gasteiger partial charge in [-0.2, -0.15) is 0 Å². The monoisotopic (exact) mass is 325 g/mol. The second-order valence-electron chi connectivity index (χ2n) is 8.24. The normalized spacial score (nSPS) is 22.0. The van der Waals surface area contributed by atoms with E-state index in [4.69, 9.17) is 0 Å². The van der Waals surface area contributed by atoms with E-state index in [2.05, 4.69) is 42.9 Å². The van der Waals surface area contributed by atoms with E-state index in [1.54, 1.807) is 12.4 Å². The maximum absolute atomic E-state index is 12.7. The van der Waals surface area contributed by atoms with E-state index in [0.717, 1.165) is 30.3 Å². The maximum Gasteiger partial charge on any atom is 0.253 e. The largest absolute Gasteiger partial charge is 0.351 e. The molecule has 2 aromatic rings. The van der Waals surface area contributed by atoms with Crippen molar-refractivity contribution in [1.82, 2.24) is 15.2 Å². The molecule has 1 aromatic carbocycles. The zero-order valence-electron chi connectivity index (χ0n) is 15.1. The van der Waals surface area contributed by atoms with Gasteiger partial charge < -0.3 is 5.32 Å². The van der Waals surface area contributed by atoms with E-state index in [-0.39, 0.29) is 16.9 Å². The van der Waals surface area contributed by atoms with E-state index in [0.29, 0.717) is 12.1 Å². The molecule has 3 rings (SSSR count). The Hall–Kier alpha value is -1.94. The van der Waals surface area contributed by atoms with Crippen molar-refractivity contribution < 1.29 is 4.79 Å². The number of rotatable bonds is 3. The third-order valence-electron chi connectivity index (χ3n) is 5.10. The van der Waals surface area contributed by atoms with Crippen LogP contribution in [-0.2, 0) is 0 Å². The number of amides is 1. The number of benzene rings is 1.